The molecule has 1 unspecified atom stereocenters. The Labute approximate surface area is 215 Å². The second-order valence-corrected chi connectivity index (χ2v) is 10.1. The van der Waals surface area contributed by atoms with E-state index in [-0.39, 0.29) is 12.3 Å². The third kappa shape index (κ3) is 4.25. The van der Waals surface area contributed by atoms with Crippen LogP contribution < -0.4 is 4.90 Å². The molecule has 0 N–H and O–H groups in total. The van der Waals surface area contributed by atoms with Crippen LogP contribution in [0.3, 0.4) is 0 Å². The smallest absolute Gasteiger partial charge is 0.151 e. The fraction of sp³-hybridized carbons (Fsp3) is 0.556. The second-order valence-electron chi connectivity index (χ2n) is 10.1. The van der Waals surface area contributed by atoms with Crippen LogP contribution in [0.25, 0.3) is 22.3 Å². The molecule has 0 aliphatic carbocycles. The van der Waals surface area contributed by atoms with Crippen molar-refractivity contribution in [2.75, 3.05) is 44.5 Å². The van der Waals surface area contributed by atoms with Crippen molar-refractivity contribution in [3.8, 4) is 17.5 Å². The molecule has 37 heavy (non-hydrogen) atoms. The fourth-order valence-electron chi connectivity index (χ4n) is 5.78. The zero-order valence-electron chi connectivity index (χ0n) is 21.0. The van der Waals surface area contributed by atoms with Gasteiger partial charge in [-0.3, -0.25) is 0 Å². The van der Waals surface area contributed by atoms with Crippen LogP contribution in [0.2, 0.25) is 0 Å². The molecule has 10 heteroatoms. The number of hydrogen-bond acceptors (Lipinski definition) is 8. The Kier molecular flexibility index (Phi) is 6.53. The molecule has 3 aromatic heterocycles. The number of halogens is 1. The highest BCUT2D eigenvalue weighted by Crippen LogP contribution is 2.42. The summed E-state index contributed by atoms with van der Waals surface area (Å²) in [5.74, 6) is 0.219. The van der Waals surface area contributed by atoms with Crippen LogP contribution >= 0.6 is 0 Å². The molecule has 3 aromatic rings. The molecule has 3 saturated heterocycles. The van der Waals surface area contributed by atoms with Gasteiger partial charge in [0.05, 0.1) is 42.6 Å². The van der Waals surface area contributed by atoms with Gasteiger partial charge in [0.1, 0.15) is 17.0 Å². The summed E-state index contributed by atoms with van der Waals surface area (Å²) in [6.45, 7) is 5.48. The van der Waals surface area contributed by atoms with Gasteiger partial charge in [0, 0.05) is 37.9 Å². The first-order valence-electron chi connectivity index (χ1n) is 13.1. The molecule has 9 nitrogen and oxygen atoms in total. The van der Waals surface area contributed by atoms with Gasteiger partial charge >= 0.3 is 0 Å². The van der Waals surface area contributed by atoms with Crippen LogP contribution in [-0.4, -0.2) is 65.4 Å². The number of rotatable bonds is 4. The van der Waals surface area contributed by atoms with E-state index in [4.69, 9.17) is 19.2 Å². The largest absolute Gasteiger partial charge is 0.381 e. The van der Waals surface area contributed by atoms with Gasteiger partial charge in [-0.1, -0.05) is 0 Å². The topological polar surface area (TPSA) is 98.3 Å². The van der Waals surface area contributed by atoms with Gasteiger partial charge in [0.15, 0.2) is 12.0 Å². The molecule has 3 fully saturated rings. The number of morpholine rings is 1. The highest BCUT2D eigenvalue weighted by Gasteiger charge is 2.39. The zero-order chi connectivity index (χ0) is 25.4. The maximum atomic E-state index is 15.7. The lowest BCUT2D eigenvalue weighted by atomic mass is 9.74. The van der Waals surface area contributed by atoms with Gasteiger partial charge in [-0.25, -0.2) is 19.0 Å². The number of ether oxygens (including phenoxy) is 3. The van der Waals surface area contributed by atoms with E-state index in [1.54, 1.807) is 6.20 Å². The standard InChI is InChI=1S/C27H31FN6O3/c1-18-16-36-13-9-33(18)22-14-19(27(17-29)6-11-35-12-7-27)24-20(28)15-30-25(26(24)32-22)21-5-8-31-34(21)23-4-2-3-10-37-23/h5,8,14-15,18,23H,2-4,6-7,9-13,16H2,1H3/t18-,23?/m1/s1. The van der Waals surface area contributed by atoms with Crippen LogP contribution in [0, 0.1) is 17.1 Å². The molecule has 0 spiro atoms. The van der Waals surface area contributed by atoms with Gasteiger partial charge in [-0.05, 0) is 56.7 Å². The lowest BCUT2D eigenvalue weighted by Gasteiger charge is -2.37. The number of nitrogens with zero attached hydrogens (tertiary/aromatic N) is 6. The maximum Gasteiger partial charge on any atom is 0.151 e. The molecule has 194 valence electrons. The number of pyridine rings is 2. The Hall–Kier alpha value is -3.13. The van der Waals surface area contributed by atoms with E-state index in [1.165, 1.54) is 6.20 Å². The summed E-state index contributed by atoms with van der Waals surface area (Å²) in [5.41, 5.74) is 1.46. The third-order valence-electron chi connectivity index (χ3n) is 7.86. The Bertz CT molecular complexity index is 1330. The van der Waals surface area contributed by atoms with E-state index in [0.29, 0.717) is 80.4 Å². The molecular weight excluding hydrogens is 475 g/mol. The summed E-state index contributed by atoms with van der Waals surface area (Å²) < 4.78 is 34.8. The first-order valence-corrected chi connectivity index (χ1v) is 13.1. The highest BCUT2D eigenvalue weighted by molar-refractivity contribution is 5.95. The molecule has 0 bridgehead atoms. The van der Waals surface area contributed by atoms with Crippen molar-refractivity contribution in [2.24, 2.45) is 0 Å². The highest BCUT2D eigenvalue weighted by atomic mass is 19.1. The summed E-state index contributed by atoms with van der Waals surface area (Å²) >= 11 is 0. The van der Waals surface area contributed by atoms with Crippen molar-refractivity contribution in [3.05, 3.63) is 35.9 Å². The molecule has 6 rings (SSSR count). The minimum Gasteiger partial charge on any atom is -0.381 e. The quantitative estimate of drug-likeness (QED) is 0.521. The summed E-state index contributed by atoms with van der Waals surface area (Å²) in [6.07, 6.45) is 6.66. The summed E-state index contributed by atoms with van der Waals surface area (Å²) in [4.78, 5) is 11.7. The van der Waals surface area contributed by atoms with E-state index in [9.17, 15) is 5.26 Å². The first-order chi connectivity index (χ1) is 18.1. The maximum absolute atomic E-state index is 15.7. The lowest BCUT2D eigenvalue weighted by Crippen LogP contribution is -2.44. The minimum atomic E-state index is -0.879. The number of anilines is 1. The van der Waals surface area contributed by atoms with Crippen molar-refractivity contribution < 1.29 is 18.6 Å². The van der Waals surface area contributed by atoms with Crippen molar-refractivity contribution >= 4 is 16.7 Å². The first kappa shape index (κ1) is 24.2. The van der Waals surface area contributed by atoms with E-state index < -0.39 is 11.2 Å². The Morgan fingerprint density at radius 3 is 2.78 bits per heavy atom. The van der Waals surface area contributed by atoms with Crippen molar-refractivity contribution in [3.63, 3.8) is 0 Å². The van der Waals surface area contributed by atoms with Crippen molar-refractivity contribution in [1.29, 1.82) is 5.26 Å². The fourth-order valence-corrected chi connectivity index (χ4v) is 5.78. The van der Waals surface area contributed by atoms with E-state index in [0.717, 1.165) is 25.0 Å². The van der Waals surface area contributed by atoms with Crippen LogP contribution in [0.4, 0.5) is 10.2 Å². The number of hydrogen-bond donors (Lipinski definition) is 0. The van der Waals surface area contributed by atoms with E-state index in [2.05, 4.69) is 28.0 Å². The normalized spacial score (nSPS) is 24.2. The summed E-state index contributed by atoms with van der Waals surface area (Å²) in [5, 5.41) is 15.3. The Morgan fingerprint density at radius 2 is 2.03 bits per heavy atom. The van der Waals surface area contributed by atoms with Gasteiger partial charge in [0.25, 0.3) is 0 Å². The monoisotopic (exact) mass is 506 g/mol. The van der Waals surface area contributed by atoms with E-state index >= 15 is 4.39 Å². The summed E-state index contributed by atoms with van der Waals surface area (Å²) in [6, 6.07) is 6.41. The van der Waals surface area contributed by atoms with Crippen LogP contribution in [0.1, 0.15) is 50.8 Å². The molecule has 0 saturated carbocycles. The summed E-state index contributed by atoms with van der Waals surface area (Å²) in [7, 11) is 0. The van der Waals surface area contributed by atoms with Crippen molar-refractivity contribution in [1.82, 2.24) is 19.7 Å². The van der Waals surface area contributed by atoms with Gasteiger partial charge < -0.3 is 19.1 Å². The van der Waals surface area contributed by atoms with Gasteiger partial charge in [-0.2, -0.15) is 10.4 Å². The Morgan fingerprint density at radius 1 is 1.16 bits per heavy atom. The molecule has 0 radical (unpaired) electrons. The number of aromatic nitrogens is 4. The van der Waals surface area contributed by atoms with Crippen LogP contribution in [-0.2, 0) is 19.6 Å². The van der Waals surface area contributed by atoms with E-state index in [1.807, 2.05) is 16.8 Å². The average Bonchev–Trinajstić information content (AvgIpc) is 3.43. The lowest BCUT2D eigenvalue weighted by molar-refractivity contribution is -0.0383. The number of fused-ring (bicyclic) bond motifs is 1. The van der Waals surface area contributed by atoms with Crippen LogP contribution in [0.5, 0.6) is 0 Å². The van der Waals surface area contributed by atoms with Crippen molar-refractivity contribution in [2.45, 2.75) is 56.7 Å². The second kappa shape index (κ2) is 9.97. The molecule has 2 atom stereocenters. The average molecular weight is 507 g/mol. The Balaban J connectivity index is 1.60. The molecule has 3 aliphatic rings. The van der Waals surface area contributed by atoms with Gasteiger partial charge in [-0.15, -0.1) is 0 Å². The molecule has 0 amide bonds. The predicted molar refractivity (Wildman–Crippen MR) is 135 cm³/mol. The number of nitriles is 1. The minimum absolute atomic E-state index is 0.0883. The van der Waals surface area contributed by atoms with Crippen LogP contribution in [0.15, 0.2) is 24.5 Å². The molecule has 0 aromatic carbocycles. The SMILES string of the molecule is C[C@@H]1COCCN1c1cc(C2(C#N)CCOCC2)c2c(F)cnc(-c3ccnn3C3CCCCO3)c2n1. The molecular formula is C27H31FN6O3. The zero-order valence-corrected chi connectivity index (χ0v) is 21.0. The molecule has 3 aliphatic heterocycles. The third-order valence-corrected chi connectivity index (χ3v) is 7.86. The van der Waals surface area contributed by atoms with Gasteiger partial charge in [0.2, 0.25) is 0 Å². The predicted octanol–water partition coefficient (Wildman–Crippen LogP) is 4.13. The molecule has 6 heterocycles.